The van der Waals surface area contributed by atoms with Crippen LogP contribution < -0.4 is 0 Å². The average Bonchev–Trinajstić information content (AvgIpc) is 3.78. The van der Waals surface area contributed by atoms with Crippen LogP contribution in [0.3, 0.4) is 0 Å². The molecule has 2 heteroatoms. The van der Waals surface area contributed by atoms with Gasteiger partial charge in [0.15, 0.2) is 0 Å². The summed E-state index contributed by atoms with van der Waals surface area (Å²) >= 11 is 1.55. The summed E-state index contributed by atoms with van der Waals surface area (Å²) in [6.07, 6.45) is 2.19. The van der Waals surface area contributed by atoms with Gasteiger partial charge in [-0.3, -0.25) is 0 Å². The van der Waals surface area contributed by atoms with Gasteiger partial charge in [-0.25, -0.2) is 0 Å². The van der Waals surface area contributed by atoms with Crippen molar-refractivity contribution in [2.24, 2.45) is 0 Å². The molecular weight excluding hydrogens is 744 g/mol. The monoisotopic (exact) mass is 804 g/mol. The number of para-hydroxylation sites is 1. The van der Waals surface area contributed by atoms with Crippen molar-refractivity contribution in [3.63, 3.8) is 0 Å². The number of hydrogen-bond donors (Lipinski definition) is 1. The third-order valence-corrected chi connectivity index (χ3v) is 10.0. The fourth-order valence-electron chi connectivity index (χ4n) is 6.61. The first kappa shape index (κ1) is 43.6. The van der Waals surface area contributed by atoms with Gasteiger partial charge in [-0.1, -0.05) is 145 Å². The minimum Gasteiger partial charge on any atom is -0.507 e. The molecule has 7 rings (SSSR count). The molecule has 7 aromatic carbocycles. The van der Waals surface area contributed by atoms with Gasteiger partial charge >= 0.3 is 41.3 Å². The van der Waals surface area contributed by atoms with Crippen molar-refractivity contribution in [2.75, 3.05) is 0 Å². The molecule has 0 fully saturated rings. The Balaban J connectivity index is 0.000000186. The molecule has 0 spiro atoms. The summed E-state index contributed by atoms with van der Waals surface area (Å²) < 4.78 is 1.51. The molecule has 0 unspecified atom stereocenters. The number of benzene rings is 5. The number of hydrogen-bond acceptors (Lipinski definition) is 1. The number of phenolic OH excluding ortho intramolecular Hbond substituents is 1. The summed E-state index contributed by atoms with van der Waals surface area (Å²) in [7, 11) is 0. The first-order valence-electron chi connectivity index (χ1n) is 19.8. The van der Waals surface area contributed by atoms with Gasteiger partial charge < -0.3 is 5.11 Å². The van der Waals surface area contributed by atoms with Crippen molar-refractivity contribution >= 4 is 24.8 Å². The predicted molar refractivity (Wildman–Crippen MR) is 240 cm³/mol. The Bertz CT molecular complexity index is 2140. The number of fused-ring (bicyclic) bond motifs is 2. The van der Waals surface area contributed by atoms with Crippen molar-refractivity contribution in [1.29, 1.82) is 0 Å². The van der Waals surface area contributed by atoms with Crippen LogP contribution in [0.15, 0.2) is 127 Å². The molecule has 0 aliphatic heterocycles. The number of aryl methyl sites for hydroxylation is 4. The number of phenols is 1. The molecular formula is C53H62OZr. The van der Waals surface area contributed by atoms with E-state index in [1.165, 1.54) is 69.3 Å². The van der Waals surface area contributed by atoms with Crippen LogP contribution in [0.4, 0.5) is 0 Å². The van der Waals surface area contributed by atoms with E-state index in [0.29, 0.717) is 5.75 Å². The Labute approximate surface area is 347 Å². The molecule has 55 heavy (non-hydrogen) atoms. The van der Waals surface area contributed by atoms with Crippen LogP contribution in [-0.2, 0) is 47.9 Å². The standard InChI is InChI=1S/2C21H23.C8H10O.C3H6.Zr/c2*1-5-15-13-17-7-6-8-19(20(17)14-15)16-9-11-18(12-10-16)21(2,3)4;1-6-4-3-5-7(2)8(6)9;1-3-2;/h2*6-14H,5H2,1-4H3;3-5,9H,1-2H3;1-2H3;/q2*-1;;;+2. The smallest absolute Gasteiger partial charge is 0.121 e. The van der Waals surface area contributed by atoms with Gasteiger partial charge in [-0.2, -0.15) is 12.1 Å². The maximum Gasteiger partial charge on any atom is 0.121 e. The van der Waals surface area contributed by atoms with Crippen molar-refractivity contribution in [3.05, 3.63) is 161 Å². The zero-order chi connectivity index (χ0) is 40.5. The van der Waals surface area contributed by atoms with E-state index < -0.39 is 0 Å². The molecule has 0 bridgehead atoms. The van der Waals surface area contributed by atoms with E-state index in [4.69, 9.17) is 0 Å². The second-order valence-electron chi connectivity index (χ2n) is 16.9. The van der Waals surface area contributed by atoms with Gasteiger partial charge in [-0.05, 0) is 70.9 Å². The van der Waals surface area contributed by atoms with Gasteiger partial charge in [-0.15, -0.1) is 69.1 Å². The molecule has 0 aliphatic rings. The van der Waals surface area contributed by atoms with Gasteiger partial charge in [0.2, 0.25) is 0 Å². The SMILES string of the molecule is CCc1cc2c(-c3ccc(C(C)(C)C)cc3)cccc2[cH-]1.CCc1cc2c(-c3ccc(C(C)(C)C)cc3)cccc2[cH-]1.C[C](C)=[Zr+2].Cc1cccc(C)c1O. The van der Waals surface area contributed by atoms with Gasteiger partial charge in [0.1, 0.15) is 5.75 Å². The van der Waals surface area contributed by atoms with E-state index >= 15 is 0 Å². The molecule has 0 saturated heterocycles. The molecule has 0 amide bonds. The number of rotatable bonds is 4. The second-order valence-corrected chi connectivity index (χ2v) is 19.4. The second kappa shape index (κ2) is 19.1. The summed E-state index contributed by atoms with van der Waals surface area (Å²) in [6, 6.07) is 46.3. The Morgan fingerprint density at radius 1 is 0.545 bits per heavy atom. The van der Waals surface area contributed by atoms with E-state index in [-0.39, 0.29) is 10.8 Å². The Kier molecular flexibility index (Phi) is 15.2. The molecule has 0 aliphatic carbocycles. The van der Waals surface area contributed by atoms with Crippen molar-refractivity contribution < 1.29 is 29.3 Å². The Morgan fingerprint density at radius 3 is 1.16 bits per heavy atom. The average molecular weight is 806 g/mol. The predicted octanol–water partition coefficient (Wildman–Crippen LogP) is 14.9. The van der Waals surface area contributed by atoms with E-state index in [1.54, 1.807) is 24.2 Å². The third-order valence-electron chi connectivity index (χ3n) is 10.0. The maximum absolute atomic E-state index is 9.21. The van der Waals surface area contributed by atoms with E-state index in [0.717, 1.165) is 24.0 Å². The van der Waals surface area contributed by atoms with Crippen LogP contribution in [0.2, 0.25) is 0 Å². The van der Waals surface area contributed by atoms with Gasteiger partial charge in [0.25, 0.3) is 0 Å². The van der Waals surface area contributed by atoms with E-state index in [2.05, 4.69) is 178 Å². The van der Waals surface area contributed by atoms with Gasteiger partial charge in [0.05, 0.1) is 0 Å². The van der Waals surface area contributed by atoms with Crippen molar-refractivity contribution in [1.82, 2.24) is 0 Å². The summed E-state index contributed by atoms with van der Waals surface area (Å²) in [4.78, 5) is 0. The summed E-state index contributed by atoms with van der Waals surface area (Å²) in [5.41, 5.74) is 13.2. The van der Waals surface area contributed by atoms with E-state index in [1.807, 2.05) is 32.0 Å². The zero-order valence-electron chi connectivity index (χ0n) is 35.5. The molecule has 0 heterocycles. The Morgan fingerprint density at radius 2 is 0.873 bits per heavy atom. The minimum atomic E-state index is 0.209. The van der Waals surface area contributed by atoms with Crippen LogP contribution in [0.1, 0.15) is 103 Å². The largest absolute Gasteiger partial charge is 0.507 e. The minimum absolute atomic E-state index is 0.209. The Hall–Kier alpha value is -4.13. The van der Waals surface area contributed by atoms with E-state index in [9.17, 15) is 5.11 Å². The maximum atomic E-state index is 9.21. The fourth-order valence-corrected chi connectivity index (χ4v) is 6.61. The molecule has 0 aromatic heterocycles. The molecule has 0 saturated carbocycles. The van der Waals surface area contributed by atoms with Crippen molar-refractivity contribution in [2.45, 2.75) is 107 Å². The van der Waals surface area contributed by atoms with Crippen LogP contribution in [0, 0.1) is 13.8 Å². The quantitative estimate of drug-likeness (QED) is 0.176. The van der Waals surface area contributed by atoms with Crippen LogP contribution in [0.25, 0.3) is 43.8 Å². The van der Waals surface area contributed by atoms with Crippen molar-refractivity contribution in [3.8, 4) is 28.0 Å². The normalized spacial score (nSPS) is 11.2. The molecule has 0 radical (unpaired) electrons. The van der Waals surface area contributed by atoms with Crippen LogP contribution >= 0.6 is 0 Å². The molecule has 284 valence electrons. The number of aromatic hydroxyl groups is 1. The first-order valence-corrected chi connectivity index (χ1v) is 21.0. The third kappa shape index (κ3) is 11.9. The zero-order valence-corrected chi connectivity index (χ0v) is 37.9. The van der Waals surface area contributed by atoms with Gasteiger partial charge in [0, 0.05) is 0 Å². The summed E-state index contributed by atoms with van der Waals surface area (Å²) in [5, 5.41) is 14.7. The molecule has 1 nitrogen and oxygen atoms in total. The first-order chi connectivity index (χ1) is 25.9. The van der Waals surface area contributed by atoms with Crippen LogP contribution in [0.5, 0.6) is 5.75 Å². The molecule has 7 aromatic rings. The molecule has 1 N–H and O–H groups in total. The topological polar surface area (TPSA) is 20.2 Å². The summed E-state index contributed by atoms with van der Waals surface area (Å²) in [6.45, 7) is 26.0. The summed E-state index contributed by atoms with van der Waals surface area (Å²) in [5.74, 6) is 0.414. The fraction of sp³-hybridized carbons (Fsp3) is 0.302. The van der Waals surface area contributed by atoms with Crippen LogP contribution in [-0.4, -0.2) is 8.31 Å². The molecule has 0 atom stereocenters.